The monoisotopic (exact) mass is 415 g/mol. The van der Waals surface area contributed by atoms with Crippen LogP contribution in [0.15, 0.2) is 53.6 Å². The number of halogens is 1. The van der Waals surface area contributed by atoms with Crippen molar-refractivity contribution in [2.24, 2.45) is 0 Å². The van der Waals surface area contributed by atoms with Crippen LogP contribution in [0.2, 0.25) is 0 Å². The molecule has 0 spiro atoms. The highest BCUT2D eigenvalue weighted by atomic mass is 32.2. The first-order valence-electron chi connectivity index (χ1n) is 8.88. The van der Waals surface area contributed by atoms with Crippen molar-refractivity contribution < 1.29 is 22.3 Å². The summed E-state index contributed by atoms with van der Waals surface area (Å²) >= 11 is 0. The molecular weight excluding hydrogens is 397 g/mol. The van der Waals surface area contributed by atoms with Gasteiger partial charge in [0.05, 0.1) is 24.5 Å². The Morgan fingerprint density at radius 1 is 1.31 bits per heavy atom. The molecule has 2 aromatic heterocycles. The molecule has 0 bridgehead atoms. The summed E-state index contributed by atoms with van der Waals surface area (Å²) in [6, 6.07) is 7.77. The minimum atomic E-state index is -3.82. The van der Waals surface area contributed by atoms with Crippen LogP contribution in [-0.4, -0.2) is 37.1 Å². The van der Waals surface area contributed by atoms with E-state index in [4.69, 9.17) is 4.74 Å². The van der Waals surface area contributed by atoms with Gasteiger partial charge in [0.1, 0.15) is 11.5 Å². The number of rotatable bonds is 5. The number of ether oxygens (including phenoxy) is 1. The lowest BCUT2D eigenvalue weighted by Gasteiger charge is -2.22. The van der Waals surface area contributed by atoms with Crippen molar-refractivity contribution in [2.75, 3.05) is 7.11 Å². The van der Waals surface area contributed by atoms with Gasteiger partial charge in [-0.15, -0.1) is 0 Å². The van der Waals surface area contributed by atoms with Gasteiger partial charge in [0.25, 0.3) is 0 Å². The molecule has 1 unspecified atom stereocenters. The summed E-state index contributed by atoms with van der Waals surface area (Å²) < 4.78 is 47.6. The number of carbonyl (C=O) groups excluding carboxylic acids is 1. The first kappa shape index (κ1) is 19.3. The summed E-state index contributed by atoms with van der Waals surface area (Å²) in [6.45, 7) is 0.306. The van der Waals surface area contributed by atoms with E-state index < -0.39 is 21.9 Å². The zero-order valence-electron chi connectivity index (χ0n) is 15.5. The highest BCUT2D eigenvalue weighted by Crippen LogP contribution is 2.29. The van der Waals surface area contributed by atoms with Gasteiger partial charge >= 0.3 is 5.97 Å². The van der Waals surface area contributed by atoms with E-state index in [-0.39, 0.29) is 17.3 Å². The Morgan fingerprint density at radius 2 is 2.07 bits per heavy atom. The molecule has 1 aromatic carbocycles. The summed E-state index contributed by atoms with van der Waals surface area (Å²) in [5.74, 6) is -0.870. The molecule has 7 nitrogen and oxygen atoms in total. The van der Waals surface area contributed by atoms with Gasteiger partial charge in [-0.3, -0.25) is 4.79 Å². The van der Waals surface area contributed by atoms with Crippen LogP contribution in [0.5, 0.6) is 0 Å². The Balaban J connectivity index is 1.67. The van der Waals surface area contributed by atoms with Gasteiger partial charge in [-0.05, 0) is 48.0 Å². The molecule has 150 valence electrons. The van der Waals surface area contributed by atoms with Crippen LogP contribution < -0.4 is 4.72 Å². The van der Waals surface area contributed by atoms with Crippen molar-refractivity contribution in [1.82, 2.24) is 14.3 Å². The second-order valence-corrected chi connectivity index (χ2v) is 8.36. The third-order valence-electron chi connectivity index (χ3n) is 4.81. The predicted octanol–water partition coefficient (Wildman–Crippen LogP) is 2.26. The SMILES string of the molecule is COC(=O)Cc1c2n(c3ncccc13)CC(NS(=O)(=O)c1ccc(F)cc1)C=C2. The van der Waals surface area contributed by atoms with Crippen LogP contribution in [0.1, 0.15) is 11.3 Å². The van der Waals surface area contributed by atoms with Crippen LogP contribution in [0.25, 0.3) is 17.1 Å². The summed E-state index contributed by atoms with van der Waals surface area (Å²) in [5.41, 5.74) is 2.24. The maximum Gasteiger partial charge on any atom is 0.310 e. The third kappa shape index (κ3) is 3.66. The standard InChI is InChI=1S/C20H18FN3O4S/c1-28-19(25)11-17-16-3-2-10-22-20(16)24-12-14(6-9-18(17)24)23-29(26,27)15-7-4-13(21)5-8-15/h2-10,14,23H,11-12H2,1H3. The molecule has 1 atom stereocenters. The molecule has 3 aromatic rings. The van der Waals surface area contributed by atoms with Crippen LogP contribution in [0.4, 0.5) is 4.39 Å². The minimum Gasteiger partial charge on any atom is -0.469 e. The Morgan fingerprint density at radius 3 is 2.79 bits per heavy atom. The van der Waals surface area contributed by atoms with Gasteiger partial charge in [0, 0.05) is 23.8 Å². The van der Waals surface area contributed by atoms with E-state index in [1.807, 2.05) is 10.6 Å². The van der Waals surface area contributed by atoms with Crippen molar-refractivity contribution in [3.63, 3.8) is 0 Å². The van der Waals surface area contributed by atoms with Crippen molar-refractivity contribution in [2.45, 2.75) is 23.9 Å². The first-order valence-corrected chi connectivity index (χ1v) is 10.4. The first-order chi connectivity index (χ1) is 13.9. The fourth-order valence-corrected chi connectivity index (χ4v) is 4.64. The maximum atomic E-state index is 13.1. The van der Waals surface area contributed by atoms with Gasteiger partial charge in [-0.25, -0.2) is 22.5 Å². The van der Waals surface area contributed by atoms with Gasteiger partial charge in [-0.2, -0.15) is 0 Å². The number of pyridine rings is 1. The van der Waals surface area contributed by atoms with E-state index >= 15 is 0 Å². The number of hydrogen-bond acceptors (Lipinski definition) is 5. The molecule has 0 radical (unpaired) electrons. The topological polar surface area (TPSA) is 90.3 Å². The summed E-state index contributed by atoms with van der Waals surface area (Å²) in [4.78, 5) is 16.2. The molecule has 1 N–H and O–H groups in total. The smallest absolute Gasteiger partial charge is 0.310 e. The molecule has 1 aliphatic heterocycles. The predicted molar refractivity (Wildman–Crippen MR) is 105 cm³/mol. The number of aromatic nitrogens is 2. The molecule has 3 heterocycles. The molecule has 9 heteroatoms. The molecule has 0 aliphatic carbocycles. The Hall–Kier alpha value is -3.04. The molecule has 0 amide bonds. The summed E-state index contributed by atoms with van der Waals surface area (Å²) in [6.07, 6.45) is 5.25. The third-order valence-corrected chi connectivity index (χ3v) is 6.32. The van der Waals surface area contributed by atoms with E-state index in [9.17, 15) is 17.6 Å². The summed E-state index contributed by atoms with van der Waals surface area (Å²) in [7, 11) is -2.49. The van der Waals surface area contributed by atoms with E-state index in [0.29, 0.717) is 12.2 Å². The number of nitrogens with zero attached hydrogens (tertiary/aromatic N) is 2. The highest BCUT2D eigenvalue weighted by molar-refractivity contribution is 7.89. The lowest BCUT2D eigenvalue weighted by atomic mass is 10.1. The van der Waals surface area contributed by atoms with E-state index in [1.54, 1.807) is 24.4 Å². The van der Waals surface area contributed by atoms with E-state index in [1.165, 1.54) is 19.2 Å². The van der Waals surface area contributed by atoms with Gasteiger partial charge in [0.15, 0.2) is 0 Å². The minimum absolute atomic E-state index is 0.0139. The van der Waals surface area contributed by atoms with Crippen LogP contribution in [-0.2, 0) is 32.5 Å². The zero-order valence-corrected chi connectivity index (χ0v) is 16.3. The number of esters is 1. The van der Waals surface area contributed by atoms with E-state index in [2.05, 4.69) is 9.71 Å². The van der Waals surface area contributed by atoms with Crippen molar-refractivity contribution in [1.29, 1.82) is 0 Å². The number of hydrogen-bond donors (Lipinski definition) is 1. The quantitative estimate of drug-likeness (QED) is 0.646. The number of benzene rings is 1. The lowest BCUT2D eigenvalue weighted by molar-refractivity contribution is -0.139. The Labute approximate surface area is 166 Å². The molecule has 0 saturated heterocycles. The average Bonchev–Trinajstić information content (AvgIpc) is 3.01. The van der Waals surface area contributed by atoms with Crippen molar-refractivity contribution in [3.8, 4) is 0 Å². The van der Waals surface area contributed by atoms with Gasteiger partial charge in [0.2, 0.25) is 10.0 Å². The second-order valence-electron chi connectivity index (χ2n) is 6.64. The second kappa shape index (κ2) is 7.41. The molecule has 29 heavy (non-hydrogen) atoms. The van der Waals surface area contributed by atoms with Gasteiger partial charge in [-0.1, -0.05) is 6.08 Å². The highest BCUT2D eigenvalue weighted by Gasteiger charge is 2.26. The Bertz CT molecular complexity index is 1220. The molecule has 1 aliphatic rings. The molecular formula is C20H18FN3O4S. The fraction of sp³-hybridized carbons (Fsp3) is 0.200. The number of fused-ring (bicyclic) bond motifs is 3. The van der Waals surface area contributed by atoms with E-state index in [0.717, 1.165) is 28.8 Å². The number of sulfonamides is 1. The zero-order chi connectivity index (χ0) is 20.6. The Kier molecular flexibility index (Phi) is 4.93. The van der Waals surface area contributed by atoms with Crippen LogP contribution in [0.3, 0.4) is 0 Å². The van der Waals surface area contributed by atoms with Crippen molar-refractivity contribution in [3.05, 3.63) is 65.7 Å². The largest absolute Gasteiger partial charge is 0.469 e. The molecule has 0 fully saturated rings. The normalized spacial score (nSPS) is 16.0. The van der Waals surface area contributed by atoms with Crippen LogP contribution >= 0.6 is 0 Å². The molecule has 0 saturated carbocycles. The number of methoxy groups -OCH3 is 1. The fourth-order valence-electron chi connectivity index (χ4n) is 3.46. The number of nitrogens with one attached hydrogen (secondary N) is 1. The summed E-state index contributed by atoms with van der Waals surface area (Å²) in [5, 5.41) is 0.819. The average molecular weight is 415 g/mol. The lowest BCUT2D eigenvalue weighted by Crippen LogP contribution is -2.38. The van der Waals surface area contributed by atoms with Crippen molar-refractivity contribution >= 4 is 33.1 Å². The number of carbonyl (C=O) groups is 1. The van der Waals surface area contributed by atoms with Crippen LogP contribution in [0, 0.1) is 5.82 Å². The molecule has 4 rings (SSSR count). The maximum absolute atomic E-state index is 13.1. The van der Waals surface area contributed by atoms with Gasteiger partial charge < -0.3 is 9.30 Å².